The van der Waals surface area contributed by atoms with Crippen LogP contribution in [-0.2, 0) is 11.3 Å². The van der Waals surface area contributed by atoms with E-state index >= 15 is 0 Å². The molecule has 1 aliphatic rings. The van der Waals surface area contributed by atoms with Crippen molar-refractivity contribution in [2.75, 3.05) is 25.6 Å². The summed E-state index contributed by atoms with van der Waals surface area (Å²) < 4.78 is 11.3. The number of aromatic amines is 1. The number of hydrogen-bond acceptors (Lipinski definition) is 4. The summed E-state index contributed by atoms with van der Waals surface area (Å²) in [5.74, 6) is 0.709. The van der Waals surface area contributed by atoms with Gasteiger partial charge in [-0.25, -0.2) is 0 Å². The first-order chi connectivity index (χ1) is 15.0. The number of anilines is 1. The number of benzene rings is 2. The Morgan fingerprint density at radius 1 is 1.29 bits per heavy atom. The molecule has 1 atom stereocenters. The van der Waals surface area contributed by atoms with Crippen LogP contribution in [0.15, 0.2) is 53.3 Å². The van der Waals surface area contributed by atoms with Crippen LogP contribution in [0.5, 0.6) is 5.75 Å². The number of aryl methyl sites for hydroxylation is 1. The standard InChI is InChI=1S/C24H27N3O3S/c1-16-9-10-20-17(12-16)13-18(23(28)25-20)14-27(15-19-6-5-11-30-19)24(31)26-21-7-3-4-8-22(21)29-2/h3-4,7-10,12-13,19H,5-6,11,14-15H2,1-2H3,(H,25,28)(H,26,31)/t19-/m0/s1. The van der Waals surface area contributed by atoms with Crippen molar-refractivity contribution < 1.29 is 9.47 Å². The van der Waals surface area contributed by atoms with E-state index in [0.29, 0.717) is 29.5 Å². The molecule has 7 heteroatoms. The zero-order valence-electron chi connectivity index (χ0n) is 17.8. The lowest BCUT2D eigenvalue weighted by Gasteiger charge is -2.28. The lowest BCUT2D eigenvalue weighted by Crippen LogP contribution is -2.40. The molecule has 4 rings (SSSR count). The molecule has 0 spiro atoms. The average molecular weight is 438 g/mol. The zero-order valence-corrected chi connectivity index (χ0v) is 18.6. The van der Waals surface area contributed by atoms with Crippen LogP contribution in [-0.4, -0.2) is 41.4 Å². The van der Waals surface area contributed by atoms with Crippen LogP contribution >= 0.6 is 12.2 Å². The Bertz CT molecular complexity index is 1140. The fourth-order valence-electron chi connectivity index (χ4n) is 3.89. The monoisotopic (exact) mass is 437 g/mol. The SMILES string of the molecule is COc1ccccc1NC(=S)N(Cc1cc2cc(C)ccc2[nH]c1=O)C[C@@H]1CCCO1. The number of fused-ring (bicyclic) bond motifs is 1. The van der Waals surface area contributed by atoms with Gasteiger partial charge in [0.15, 0.2) is 5.11 Å². The number of para-hydroxylation sites is 2. The van der Waals surface area contributed by atoms with E-state index in [4.69, 9.17) is 21.7 Å². The molecular weight excluding hydrogens is 410 g/mol. The van der Waals surface area contributed by atoms with Gasteiger partial charge in [0.1, 0.15) is 5.75 Å². The predicted octanol–water partition coefficient (Wildman–Crippen LogP) is 4.22. The molecule has 31 heavy (non-hydrogen) atoms. The van der Waals surface area contributed by atoms with Crippen molar-refractivity contribution in [1.29, 1.82) is 0 Å². The van der Waals surface area contributed by atoms with Crippen molar-refractivity contribution in [3.8, 4) is 5.75 Å². The van der Waals surface area contributed by atoms with Crippen molar-refractivity contribution in [3.05, 3.63) is 70.0 Å². The first-order valence-corrected chi connectivity index (χ1v) is 10.9. The normalized spacial score (nSPS) is 15.7. The molecule has 1 aromatic heterocycles. The molecule has 0 saturated carbocycles. The summed E-state index contributed by atoms with van der Waals surface area (Å²) >= 11 is 5.75. The van der Waals surface area contributed by atoms with Gasteiger partial charge >= 0.3 is 0 Å². The molecule has 0 bridgehead atoms. The van der Waals surface area contributed by atoms with E-state index in [1.54, 1.807) is 7.11 Å². The molecule has 2 aromatic carbocycles. The van der Waals surface area contributed by atoms with Crippen LogP contribution in [0.25, 0.3) is 10.9 Å². The third-order valence-electron chi connectivity index (χ3n) is 5.52. The smallest absolute Gasteiger partial charge is 0.253 e. The molecule has 162 valence electrons. The average Bonchev–Trinajstić information content (AvgIpc) is 3.27. The highest BCUT2D eigenvalue weighted by molar-refractivity contribution is 7.80. The number of ether oxygens (including phenoxy) is 2. The highest BCUT2D eigenvalue weighted by atomic mass is 32.1. The van der Waals surface area contributed by atoms with Gasteiger partial charge in [-0.15, -0.1) is 0 Å². The molecule has 0 unspecified atom stereocenters. The second-order valence-corrected chi connectivity index (χ2v) is 8.25. The summed E-state index contributed by atoms with van der Waals surface area (Å²) in [7, 11) is 1.63. The van der Waals surface area contributed by atoms with Gasteiger partial charge in [-0.3, -0.25) is 4.79 Å². The summed E-state index contributed by atoms with van der Waals surface area (Å²) in [6.07, 6.45) is 2.13. The molecule has 2 heterocycles. The maximum atomic E-state index is 12.8. The van der Waals surface area contributed by atoms with Crippen LogP contribution in [0.3, 0.4) is 0 Å². The van der Waals surface area contributed by atoms with Crippen LogP contribution in [0.2, 0.25) is 0 Å². The molecule has 6 nitrogen and oxygen atoms in total. The van der Waals surface area contributed by atoms with E-state index in [-0.39, 0.29) is 11.7 Å². The maximum Gasteiger partial charge on any atom is 0.253 e. The van der Waals surface area contributed by atoms with Crippen molar-refractivity contribution >= 4 is 33.9 Å². The molecule has 1 saturated heterocycles. The van der Waals surface area contributed by atoms with Crippen LogP contribution in [0.1, 0.15) is 24.0 Å². The van der Waals surface area contributed by atoms with Crippen molar-refractivity contribution in [3.63, 3.8) is 0 Å². The van der Waals surface area contributed by atoms with Crippen molar-refractivity contribution in [1.82, 2.24) is 9.88 Å². The molecule has 2 N–H and O–H groups in total. The van der Waals surface area contributed by atoms with Crippen LogP contribution < -0.4 is 15.6 Å². The molecule has 0 amide bonds. The van der Waals surface area contributed by atoms with E-state index < -0.39 is 0 Å². The number of methoxy groups -OCH3 is 1. The Morgan fingerprint density at radius 3 is 2.90 bits per heavy atom. The summed E-state index contributed by atoms with van der Waals surface area (Å²) in [6, 6.07) is 15.6. The van der Waals surface area contributed by atoms with Crippen molar-refractivity contribution in [2.45, 2.75) is 32.4 Å². The quantitative estimate of drug-likeness (QED) is 0.563. The minimum absolute atomic E-state index is 0.0965. The van der Waals surface area contributed by atoms with Gasteiger partial charge in [0.05, 0.1) is 25.4 Å². The van der Waals surface area contributed by atoms with Gasteiger partial charge in [-0.2, -0.15) is 0 Å². The van der Waals surface area contributed by atoms with Gasteiger partial charge in [-0.1, -0.05) is 23.8 Å². The molecular formula is C24H27N3O3S. The fraction of sp³-hybridized carbons (Fsp3) is 0.333. The number of nitrogens with zero attached hydrogens (tertiary/aromatic N) is 1. The summed E-state index contributed by atoms with van der Waals surface area (Å²) in [5.41, 5.74) is 3.33. The maximum absolute atomic E-state index is 12.8. The third-order valence-corrected chi connectivity index (χ3v) is 5.88. The van der Waals surface area contributed by atoms with E-state index in [9.17, 15) is 4.79 Å². The Balaban J connectivity index is 1.61. The first-order valence-electron chi connectivity index (χ1n) is 10.5. The third kappa shape index (κ3) is 5.06. The minimum atomic E-state index is -0.103. The van der Waals surface area contributed by atoms with E-state index in [1.165, 1.54) is 0 Å². The predicted molar refractivity (Wildman–Crippen MR) is 128 cm³/mol. The summed E-state index contributed by atoms with van der Waals surface area (Å²) in [5, 5.41) is 4.83. The number of pyridine rings is 1. The largest absolute Gasteiger partial charge is 0.495 e. The highest BCUT2D eigenvalue weighted by Crippen LogP contribution is 2.24. The lowest BCUT2D eigenvalue weighted by atomic mass is 10.1. The molecule has 0 aliphatic carbocycles. The lowest BCUT2D eigenvalue weighted by molar-refractivity contribution is 0.0904. The van der Waals surface area contributed by atoms with Crippen LogP contribution in [0.4, 0.5) is 5.69 Å². The topological polar surface area (TPSA) is 66.6 Å². The number of hydrogen-bond donors (Lipinski definition) is 2. The number of thiocarbonyl (C=S) groups is 1. The second-order valence-electron chi connectivity index (χ2n) is 7.86. The van der Waals surface area contributed by atoms with Gasteiger partial charge in [0.25, 0.3) is 5.56 Å². The molecule has 0 radical (unpaired) electrons. The number of nitrogens with one attached hydrogen (secondary N) is 2. The molecule has 3 aromatic rings. The number of rotatable bonds is 6. The second kappa shape index (κ2) is 9.49. The molecule has 1 fully saturated rings. The van der Waals surface area contributed by atoms with Gasteiger partial charge in [0, 0.05) is 24.2 Å². The summed E-state index contributed by atoms with van der Waals surface area (Å²) in [4.78, 5) is 17.8. The Kier molecular flexibility index (Phi) is 6.53. The van der Waals surface area contributed by atoms with Crippen molar-refractivity contribution in [2.24, 2.45) is 0 Å². The van der Waals surface area contributed by atoms with Gasteiger partial charge < -0.3 is 24.7 Å². The minimum Gasteiger partial charge on any atom is -0.495 e. The Morgan fingerprint density at radius 2 is 2.13 bits per heavy atom. The van der Waals surface area contributed by atoms with E-state index in [2.05, 4.69) is 16.4 Å². The Hall–Kier alpha value is -2.90. The zero-order chi connectivity index (χ0) is 21.8. The fourth-order valence-corrected chi connectivity index (χ4v) is 4.14. The number of H-pyrrole nitrogens is 1. The first kappa shape index (κ1) is 21.3. The van der Waals surface area contributed by atoms with Gasteiger partial charge in [0.2, 0.25) is 0 Å². The van der Waals surface area contributed by atoms with E-state index in [1.807, 2.05) is 54.3 Å². The Labute approximate surface area is 187 Å². The number of aromatic nitrogens is 1. The van der Waals surface area contributed by atoms with E-state index in [0.717, 1.165) is 41.6 Å². The van der Waals surface area contributed by atoms with Crippen LogP contribution in [0, 0.1) is 6.92 Å². The van der Waals surface area contributed by atoms with Gasteiger partial charge in [-0.05, 0) is 67.7 Å². The molecule has 1 aliphatic heterocycles. The summed E-state index contributed by atoms with van der Waals surface area (Å²) in [6.45, 7) is 3.81. The highest BCUT2D eigenvalue weighted by Gasteiger charge is 2.22.